The third-order valence-electron chi connectivity index (χ3n) is 3.13. The maximum atomic E-state index is 12.1. The van der Waals surface area contributed by atoms with Crippen LogP contribution in [0.5, 0.6) is 0 Å². The quantitative estimate of drug-likeness (QED) is 0.798. The molecular formula is C10H23ClN2O3S. The second-order valence-electron chi connectivity index (χ2n) is 4.31. The summed E-state index contributed by atoms with van der Waals surface area (Å²) < 4.78 is 30.7. The molecule has 1 aliphatic rings. The largest absolute Gasteiger partial charge is 0.383 e. The summed E-state index contributed by atoms with van der Waals surface area (Å²) in [6, 6.07) is 0.130. The normalized spacial score (nSPS) is 20.0. The molecule has 5 nitrogen and oxygen atoms in total. The zero-order valence-corrected chi connectivity index (χ0v) is 12.3. The van der Waals surface area contributed by atoms with Crippen molar-refractivity contribution in [2.75, 3.05) is 33.9 Å². The second-order valence-corrected chi connectivity index (χ2v) is 6.72. The number of hydrogen-bond donors (Lipinski definition) is 1. The summed E-state index contributed by atoms with van der Waals surface area (Å²) in [6.07, 6.45) is 1.77. The molecule has 0 radical (unpaired) electrons. The van der Waals surface area contributed by atoms with Gasteiger partial charge in [-0.1, -0.05) is 0 Å². The number of nitrogens with zero attached hydrogens (tertiary/aromatic N) is 1. The predicted octanol–water partition coefficient (Wildman–Crippen LogP) is 0.457. The number of rotatable bonds is 5. The van der Waals surface area contributed by atoms with Crippen molar-refractivity contribution in [1.82, 2.24) is 9.62 Å². The number of ether oxygens (including phenoxy) is 1. The minimum atomic E-state index is -3.22. The van der Waals surface area contributed by atoms with Crippen LogP contribution in [0.15, 0.2) is 0 Å². The summed E-state index contributed by atoms with van der Waals surface area (Å²) in [7, 11) is -0.0178. The lowest BCUT2D eigenvalue weighted by Crippen LogP contribution is -2.47. The van der Waals surface area contributed by atoms with Crippen LogP contribution in [0.2, 0.25) is 0 Å². The van der Waals surface area contributed by atoms with Gasteiger partial charge >= 0.3 is 0 Å². The minimum Gasteiger partial charge on any atom is -0.383 e. The van der Waals surface area contributed by atoms with Crippen LogP contribution in [0, 0.1) is 0 Å². The van der Waals surface area contributed by atoms with Gasteiger partial charge in [-0.15, -0.1) is 12.4 Å². The molecular weight excluding hydrogens is 264 g/mol. The first-order valence-electron chi connectivity index (χ1n) is 5.66. The fourth-order valence-electron chi connectivity index (χ4n) is 1.98. The summed E-state index contributed by atoms with van der Waals surface area (Å²) >= 11 is 0. The van der Waals surface area contributed by atoms with Gasteiger partial charge in [-0.3, -0.25) is 0 Å². The summed E-state index contributed by atoms with van der Waals surface area (Å²) in [4.78, 5) is 0. The summed E-state index contributed by atoms with van der Waals surface area (Å²) in [5.74, 6) is 0. The van der Waals surface area contributed by atoms with Gasteiger partial charge in [0.05, 0.1) is 11.9 Å². The average Bonchev–Trinajstić information content (AvgIpc) is 2.29. The van der Waals surface area contributed by atoms with Gasteiger partial charge in [0.15, 0.2) is 0 Å². The maximum Gasteiger partial charge on any atom is 0.218 e. The highest BCUT2D eigenvalue weighted by Crippen LogP contribution is 2.17. The Kier molecular flexibility index (Phi) is 7.58. The molecule has 1 unspecified atom stereocenters. The topological polar surface area (TPSA) is 58.6 Å². The van der Waals surface area contributed by atoms with E-state index in [-0.39, 0.29) is 25.1 Å². The standard InChI is InChI=1S/C10H22N2O3S.ClH/c1-9(8-15-3)16(13,14)12(2)10-4-6-11-7-5-10;/h9-11H,4-8H2,1-3H3;1H. The zero-order chi connectivity index (χ0) is 12.2. The Balaban J connectivity index is 0.00000256. The van der Waals surface area contributed by atoms with Gasteiger partial charge in [-0.05, 0) is 32.9 Å². The monoisotopic (exact) mass is 286 g/mol. The van der Waals surface area contributed by atoms with Crippen LogP contribution in [0.1, 0.15) is 19.8 Å². The summed E-state index contributed by atoms with van der Waals surface area (Å²) in [6.45, 7) is 3.72. The first-order chi connectivity index (χ1) is 7.50. The van der Waals surface area contributed by atoms with E-state index in [1.54, 1.807) is 14.0 Å². The predicted molar refractivity (Wildman–Crippen MR) is 71.2 cm³/mol. The van der Waals surface area contributed by atoms with Gasteiger partial charge in [-0.2, -0.15) is 0 Å². The average molecular weight is 287 g/mol. The molecule has 1 fully saturated rings. The number of sulfonamides is 1. The van der Waals surface area contributed by atoms with E-state index in [1.165, 1.54) is 11.4 Å². The highest BCUT2D eigenvalue weighted by Gasteiger charge is 2.31. The summed E-state index contributed by atoms with van der Waals surface area (Å²) in [5, 5.41) is 2.75. The molecule has 17 heavy (non-hydrogen) atoms. The lowest BCUT2D eigenvalue weighted by Gasteiger charge is -2.32. The van der Waals surface area contributed by atoms with E-state index in [1.807, 2.05) is 0 Å². The number of hydrogen-bond acceptors (Lipinski definition) is 4. The maximum absolute atomic E-state index is 12.1. The van der Waals surface area contributed by atoms with Crippen LogP contribution < -0.4 is 5.32 Å². The molecule has 1 saturated heterocycles. The third-order valence-corrected chi connectivity index (χ3v) is 5.39. The Morgan fingerprint density at radius 3 is 2.41 bits per heavy atom. The van der Waals surface area contributed by atoms with Gasteiger partial charge in [0, 0.05) is 20.2 Å². The number of piperidine rings is 1. The van der Waals surface area contributed by atoms with E-state index in [0.717, 1.165) is 25.9 Å². The Labute approximate surface area is 110 Å². The molecule has 1 rings (SSSR count). The number of methoxy groups -OCH3 is 1. The van der Waals surface area contributed by atoms with E-state index in [2.05, 4.69) is 5.32 Å². The van der Waals surface area contributed by atoms with Crippen molar-refractivity contribution in [3.05, 3.63) is 0 Å². The van der Waals surface area contributed by atoms with Crippen molar-refractivity contribution in [2.45, 2.75) is 31.1 Å². The number of nitrogens with one attached hydrogen (secondary N) is 1. The zero-order valence-electron chi connectivity index (χ0n) is 10.7. The van der Waals surface area contributed by atoms with E-state index < -0.39 is 15.3 Å². The van der Waals surface area contributed by atoms with Crippen LogP contribution in [-0.2, 0) is 14.8 Å². The van der Waals surface area contributed by atoms with Crippen LogP contribution in [0.3, 0.4) is 0 Å². The Bertz CT molecular complexity index is 305. The molecule has 7 heteroatoms. The van der Waals surface area contributed by atoms with E-state index in [9.17, 15) is 8.42 Å². The lowest BCUT2D eigenvalue weighted by atomic mass is 10.1. The second kappa shape index (κ2) is 7.53. The Hall–Kier alpha value is 0.120. The highest BCUT2D eigenvalue weighted by atomic mass is 35.5. The van der Waals surface area contributed by atoms with Crippen molar-refractivity contribution in [2.24, 2.45) is 0 Å². The Morgan fingerprint density at radius 2 is 1.94 bits per heavy atom. The van der Waals surface area contributed by atoms with Gasteiger partial charge in [0.1, 0.15) is 0 Å². The molecule has 0 amide bonds. The van der Waals surface area contributed by atoms with Gasteiger partial charge < -0.3 is 10.1 Å². The molecule has 0 aromatic heterocycles. The van der Waals surface area contributed by atoms with Gasteiger partial charge in [0.25, 0.3) is 0 Å². The fourth-order valence-corrected chi connectivity index (χ4v) is 3.48. The molecule has 0 aromatic carbocycles. The van der Waals surface area contributed by atoms with Crippen molar-refractivity contribution in [1.29, 1.82) is 0 Å². The molecule has 0 bridgehead atoms. The van der Waals surface area contributed by atoms with Crippen molar-refractivity contribution in [3.63, 3.8) is 0 Å². The minimum absolute atomic E-state index is 0. The molecule has 1 atom stereocenters. The molecule has 1 N–H and O–H groups in total. The van der Waals surface area contributed by atoms with Crippen LogP contribution in [0.25, 0.3) is 0 Å². The van der Waals surface area contributed by atoms with E-state index in [0.29, 0.717) is 0 Å². The van der Waals surface area contributed by atoms with Gasteiger partial charge in [-0.25, -0.2) is 12.7 Å². The number of halogens is 1. The molecule has 0 saturated carbocycles. The lowest BCUT2D eigenvalue weighted by molar-refractivity contribution is 0.196. The molecule has 104 valence electrons. The van der Waals surface area contributed by atoms with E-state index >= 15 is 0 Å². The van der Waals surface area contributed by atoms with Crippen LogP contribution >= 0.6 is 12.4 Å². The molecule has 0 aromatic rings. The molecule has 1 heterocycles. The highest BCUT2D eigenvalue weighted by molar-refractivity contribution is 7.89. The first kappa shape index (κ1) is 17.1. The summed E-state index contributed by atoms with van der Waals surface area (Å²) in [5.41, 5.74) is 0. The van der Waals surface area contributed by atoms with Crippen molar-refractivity contribution >= 4 is 22.4 Å². The molecule has 0 aliphatic carbocycles. The van der Waals surface area contributed by atoms with E-state index in [4.69, 9.17) is 4.74 Å². The fraction of sp³-hybridized carbons (Fsp3) is 1.00. The molecule has 1 aliphatic heterocycles. The van der Waals surface area contributed by atoms with Crippen molar-refractivity contribution < 1.29 is 13.2 Å². The first-order valence-corrected chi connectivity index (χ1v) is 7.17. The Morgan fingerprint density at radius 1 is 1.41 bits per heavy atom. The smallest absolute Gasteiger partial charge is 0.218 e. The van der Waals surface area contributed by atoms with Gasteiger partial charge in [0.2, 0.25) is 10.0 Å². The van der Waals surface area contributed by atoms with Crippen molar-refractivity contribution in [3.8, 4) is 0 Å². The van der Waals surface area contributed by atoms with Crippen LogP contribution in [-0.4, -0.2) is 57.9 Å². The third kappa shape index (κ3) is 4.37. The SMILES string of the molecule is COCC(C)S(=O)(=O)N(C)C1CCNCC1.Cl. The molecule has 0 spiro atoms. The van der Waals surface area contributed by atoms with Crippen LogP contribution in [0.4, 0.5) is 0 Å².